The minimum absolute atomic E-state index is 0.0611. The second kappa shape index (κ2) is 8.26. The maximum atomic E-state index is 11.7. The molecule has 104 valence electrons. The zero-order valence-electron chi connectivity index (χ0n) is 11.5. The Labute approximate surface area is 113 Å². The average Bonchev–Trinajstić information content (AvgIpc) is 2.39. The molecule has 0 aliphatic heterocycles. The van der Waals surface area contributed by atoms with E-state index in [1.54, 1.807) is 24.3 Å². The number of hydrogen-bond donors (Lipinski definition) is 3. The zero-order valence-corrected chi connectivity index (χ0v) is 11.5. The van der Waals surface area contributed by atoms with E-state index in [-0.39, 0.29) is 11.8 Å². The van der Waals surface area contributed by atoms with E-state index in [0.29, 0.717) is 30.8 Å². The van der Waals surface area contributed by atoms with Crippen LogP contribution in [0, 0.1) is 0 Å². The van der Waals surface area contributed by atoms with E-state index in [2.05, 4.69) is 16.0 Å². The summed E-state index contributed by atoms with van der Waals surface area (Å²) >= 11 is 0. The molecule has 0 aliphatic rings. The van der Waals surface area contributed by atoms with Gasteiger partial charge in [0.1, 0.15) is 0 Å². The lowest BCUT2D eigenvalue weighted by molar-refractivity contribution is -0.116. The Morgan fingerprint density at radius 2 is 1.95 bits per heavy atom. The van der Waals surface area contributed by atoms with E-state index in [1.165, 1.54) is 0 Å². The second-order valence-electron chi connectivity index (χ2n) is 4.09. The molecule has 19 heavy (non-hydrogen) atoms. The van der Waals surface area contributed by atoms with Crippen molar-refractivity contribution in [1.29, 1.82) is 0 Å². The van der Waals surface area contributed by atoms with Crippen molar-refractivity contribution in [3.05, 3.63) is 29.8 Å². The van der Waals surface area contributed by atoms with Crippen LogP contribution in [0.3, 0.4) is 0 Å². The summed E-state index contributed by atoms with van der Waals surface area (Å²) in [6.45, 7) is 5.94. The van der Waals surface area contributed by atoms with Gasteiger partial charge in [0.15, 0.2) is 0 Å². The molecule has 0 aliphatic carbocycles. The molecule has 1 rings (SSSR count). The molecule has 0 unspecified atom stereocenters. The summed E-state index contributed by atoms with van der Waals surface area (Å²) < 4.78 is 0. The Kier molecular flexibility index (Phi) is 6.60. The molecule has 3 N–H and O–H groups in total. The first-order chi connectivity index (χ1) is 9.17. The van der Waals surface area contributed by atoms with Crippen LogP contribution in [0.2, 0.25) is 0 Å². The molecule has 0 radical (unpaired) electrons. The molecule has 0 aromatic heterocycles. The smallest absolute Gasteiger partial charge is 0.251 e. The third-order valence-corrected chi connectivity index (χ3v) is 2.52. The first-order valence-corrected chi connectivity index (χ1v) is 6.56. The molecular formula is C14H21N3O2. The van der Waals surface area contributed by atoms with Crippen molar-refractivity contribution in [1.82, 2.24) is 10.6 Å². The number of carbonyl (C=O) groups is 2. The van der Waals surface area contributed by atoms with E-state index in [9.17, 15) is 9.59 Å². The van der Waals surface area contributed by atoms with Crippen molar-refractivity contribution in [3.8, 4) is 0 Å². The van der Waals surface area contributed by atoms with Gasteiger partial charge in [-0.15, -0.1) is 0 Å². The summed E-state index contributed by atoms with van der Waals surface area (Å²) in [7, 11) is 0. The normalized spacial score (nSPS) is 10.0. The topological polar surface area (TPSA) is 70.2 Å². The average molecular weight is 263 g/mol. The van der Waals surface area contributed by atoms with Gasteiger partial charge in [0.05, 0.1) is 0 Å². The first-order valence-electron chi connectivity index (χ1n) is 6.56. The summed E-state index contributed by atoms with van der Waals surface area (Å²) in [6, 6.07) is 6.92. The number of amides is 2. The van der Waals surface area contributed by atoms with Crippen LogP contribution in [-0.2, 0) is 4.79 Å². The van der Waals surface area contributed by atoms with Crippen molar-refractivity contribution >= 4 is 17.5 Å². The number of nitrogens with one attached hydrogen (secondary N) is 3. The van der Waals surface area contributed by atoms with Crippen LogP contribution in [0.15, 0.2) is 24.3 Å². The third-order valence-electron chi connectivity index (χ3n) is 2.52. The Balaban J connectivity index is 2.56. The lowest BCUT2D eigenvalue weighted by Gasteiger charge is -2.07. The molecule has 0 saturated carbocycles. The monoisotopic (exact) mass is 263 g/mol. The van der Waals surface area contributed by atoms with Gasteiger partial charge in [-0.1, -0.05) is 13.0 Å². The maximum Gasteiger partial charge on any atom is 0.251 e. The van der Waals surface area contributed by atoms with Crippen LogP contribution in [-0.4, -0.2) is 31.4 Å². The van der Waals surface area contributed by atoms with Gasteiger partial charge in [0.25, 0.3) is 5.91 Å². The van der Waals surface area contributed by atoms with Gasteiger partial charge in [-0.05, 0) is 31.7 Å². The van der Waals surface area contributed by atoms with E-state index in [1.807, 2.05) is 13.8 Å². The van der Waals surface area contributed by atoms with Crippen molar-refractivity contribution in [3.63, 3.8) is 0 Å². The van der Waals surface area contributed by atoms with Gasteiger partial charge >= 0.3 is 0 Å². The Hall–Kier alpha value is -1.88. The van der Waals surface area contributed by atoms with Gasteiger partial charge in [-0.25, -0.2) is 0 Å². The predicted octanol–water partition coefficient (Wildman–Crippen LogP) is 1.37. The summed E-state index contributed by atoms with van der Waals surface area (Å²) in [5.41, 5.74) is 1.19. The summed E-state index contributed by atoms with van der Waals surface area (Å²) in [5, 5.41) is 8.59. The SMILES string of the molecule is CCNCCC(=O)Nc1cccc(C(=O)NCC)c1. The third kappa shape index (κ3) is 5.52. The Bertz CT molecular complexity index is 432. The van der Waals surface area contributed by atoms with Crippen LogP contribution in [0.4, 0.5) is 5.69 Å². The number of hydrogen-bond acceptors (Lipinski definition) is 3. The van der Waals surface area contributed by atoms with Gasteiger partial charge in [0.2, 0.25) is 5.91 Å². The molecular weight excluding hydrogens is 242 g/mol. The number of anilines is 1. The van der Waals surface area contributed by atoms with Gasteiger partial charge in [-0.3, -0.25) is 9.59 Å². The fourth-order valence-corrected chi connectivity index (χ4v) is 1.60. The molecule has 2 amide bonds. The minimum Gasteiger partial charge on any atom is -0.352 e. The van der Waals surface area contributed by atoms with Crippen molar-refractivity contribution in [2.75, 3.05) is 25.0 Å². The molecule has 0 atom stereocenters. The molecule has 0 saturated heterocycles. The second-order valence-corrected chi connectivity index (χ2v) is 4.09. The molecule has 0 heterocycles. The quantitative estimate of drug-likeness (QED) is 0.651. The predicted molar refractivity (Wildman–Crippen MR) is 76.2 cm³/mol. The number of carbonyl (C=O) groups excluding carboxylic acids is 2. The highest BCUT2D eigenvalue weighted by atomic mass is 16.2. The van der Waals surface area contributed by atoms with Gasteiger partial charge in [0, 0.05) is 30.8 Å². The molecule has 1 aromatic rings. The standard InChI is InChI=1S/C14H21N3O2/c1-3-15-9-8-13(18)17-12-7-5-6-11(10-12)14(19)16-4-2/h5-7,10,15H,3-4,8-9H2,1-2H3,(H,16,19)(H,17,18). The van der Waals surface area contributed by atoms with Gasteiger partial charge in [-0.2, -0.15) is 0 Å². The largest absolute Gasteiger partial charge is 0.352 e. The molecule has 0 fully saturated rings. The van der Waals surface area contributed by atoms with Crippen LogP contribution in [0.5, 0.6) is 0 Å². The first kappa shape index (κ1) is 15.2. The van der Waals surface area contributed by atoms with Crippen LogP contribution < -0.4 is 16.0 Å². The molecule has 0 spiro atoms. The fraction of sp³-hybridized carbons (Fsp3) is 0.429. The summed E-state index contributed by atoms with van der Waals surface area (Å²) in [6.07, 6.45) is 0.416. The van der Waals surface area contributed by atoms with Gasteiger partial charge < -0.3 is 16.0 Å². The van der Waals surface area contributed by atoms with Crippen molar-refractivity contribution in [2.24, 2.45) is 0 Å². The van der Waals surface area contributed by atoms with Crippen molar-refractivity contribution in [2.45, 2.75) is 20.3 Å². The van der Waals surface area contributed by atoms with E-state index >= 15 is 0 Å². The zero-order chi connectivity index (χ0) is 14.1. The van der Waals surface area contributed by atoms with E-state index in [0.717, 1.165) is 6.54 Å². The molecule has 0 bridgehead atoms. The minimum atomic E-state index is -0.133. The lowest BCUT2D eigenvalue weighted by Crippen LogP contribution is -2.23. The summed E-state index contributed by atoms with van der Waals surface area (Å²) in [5.74, 6) is -0.194. The highest BCUT2D eigenvalue weighted by Gasteiger charge is 2.06. The lowest BCUT2D eigenvalue weighted by atomic mass is 10.2. The van der Waals surface area contributed by atoms with Crippen LogP contribution in [0.25, 0.3) is 0 Å². The molecule has 5 heteroatoms. The summed E-state index contributed by atoms with van der Waals surface area (Å²) in [4.78, 5) is 23.3. The van der Waals surface area contributed by atoms with Crippen molar-refractivity contribution < 1.29 is 9.59 Å². The highest BCUT2D eigenvalue weighted by molar-refractivity contribution is 5.97. The maximum absolute atomic E-state index is 11.7. The van der Waals surface area contributed by atoms with E-state index in [4.69, 9.17) is 0 Å². The highest BCUT2D eigenvalue weighted by Crippen LogP contribution is 2.10. The number of rotatable bonds is 7. The van der Waals surface area contributed by atoms with Crippen LogP contribution in [0.1, 0.15) is 30.6 Å². The van der Waals surface area contributed by atoms with Crippen LogP contribution >= 0.6 is 0 Å². The fourth-order valence-electron chi connectivity index (χ4n) is 1.60. The Morgan fingerprint density at radius 3 is 2.63 bits per heavy atom. The molecule has 1 aromatic carbocycles. The van der Waals surface area contributed by atoms with E-state index < -0.39 is 0 Å². The Morgan fingerprint density at radius 1 is 1.16 bits per heavy atom. The number of benzene rings is 1. The molecule has 5 nitrogen and oxygen atoms in total.